The summed E-state index contributed by atoms with van der Waals surface area (Å²) < 4.78 is 16.2. The fraction of sp³-hybridized carbons (Fsp3) is 0.412. The van der Waals surface area contributed by atoms with Gasteiger partial charge in [-0.15, -0.1) is 11.3 Å². The molecule has 0 aliphatic heterocycles. The van der Waals surface area contributed by atoms with Crippen LogP contribution in [-0.4, -0.2) is 27.4 Å². The lowest BCUT2D eigenvalue weighted by Gasteiger charge is -2.14. The van der Waals surface area contributed by atoms with Crippen LogP contribution < -0.4 is 15.2 Å². The minimum Gasteiger partial charge on any atom is -0.493 e. The number of hydrogen-bond acceptors (Lipinski definition) is 5. The van der Waals surface area contributed by atoms with Crippen molar-refractivity contribution in [3.8, 4) is 11.5 Å². The standard InChI is InChI=1S/C17H23NO3S/c1-19-8-4-9-21-16-12-13(6-7-15(16)20-2)11-14(18)17-5-3-10-22-17/h3,5-7,10,12,14H,4,8-9,11,18H2,1-2H3. The normalized spacial score (nSPS) is 12.1. The molecule has 0 radical (unpaired) electrons. The van der Waals surface area contributed by atoms with E-state index in [1.165, 1.54) is 4.88 Å². The third kappa shape index (κ3) is 4.73. The predicted octanol–water partition coefficient (Wildman–Crippen LogP) is 3.41. The Balaban J connectivity index is 2.02. The molecule has 1 aromatic heterocycles. The second-order valence-electron chi connectivity index (χ2n) is 5.01. The van der Waals surface area contributed by atoms with Crippen molar-refractivity contribution < 1.29 is 14.2 Å². The number of ether oxygens (including phenoxy) is 3. The Labute approximate surface area is 135 Å². The Hall–Kier alpha value is -1.56. The first-order valence-electron chi connectivity index (χ1n) is 7.32. The van der Waals surface area contributed by atoms with Gasteiger partial charge in [-0.25, -0.2) is 0 Å². The fourth-order valence-electron chi connectivity index (χ4n) is 2.20. The molecule has 22 heavy (non-hydrogen) atoms. The lowest BCUT2D eigenvalue weighted by Crippen LogP contribution is -2.12. The summed E-state index contributed by atoms with van der Waals surface area (Å²) in [6.07, 6.45) is 1.62. The predicted molar refractivity (Wildman–Crippen MR) is 89.9 cm³/mol. The zero-order chi connectivity index (χ0) is 15.8. The van der Waals surface area contributed by atoms with E-state index in [1.54, 1.807) is 25.6 Å². The fourth-order valence-corrected chi connectivity index (χ4v) is 2.93. The summed E-state index contributed by atoms with van der Waals surface area (Å²) >= 11 is 1.69. The van der Waals surface area contributed by atoms with Gasteiger partial charge in [0.2, 0.25) is 0 Å². The summed E-state index contributed by atoms with van der Waals surface area (Å²) in [5, 5.41) is 2.05. The van der Waals surface area contributed by atoms with Crippen LogP contribution >= 0.6 is 11.3 Å². The molecule has 0 aliphatic carbocycles. The van der Waals surface area contributed by atoms with Gasteiger partial charge in [0.15, 0.2) is 11.5 Å². The summed E-state index contributed by atoms with van der Waals surface area (Å²) in [5.41, 5.74) is 7.40. The summed E-state index contributed by atoms with van der Waals surface area (Å²) in [6.45, 7) is 1.29. The van der Waals surface area contributed by atoms with Gasteiger partial charge in [0.05, 0.1) is 13.7 Å². The van der Waals surface area contributed by atoms with Crippen molar-refractivity contribution >= 4 is 11.3 Å². The van der Waals surface area contributed by atoms with E-state index >= 15 is 0 Å². The second-order valence-corrected chi connectivity index (χ2v) is 5.99. The van der Waals surface area contributed by atoms with Gasteiger partial charge in [-0.1, -0.05) is 12.1 Å². The van der Waals surface area contributed by atoms with Crippen molar-refractivity contribution in [1.29, 1.82) is 0 Å². The van der Waals surface area contributed by atoms with Crippen LogP contribution in [0.5, 0.6) is 11.5 Å². The Morgan fingerprint density at radius 2 is 2.00 bits per heavy atom. The molecular formula is C17H23NO3S. The first kappa shape index (κ1) is 16.8. The largest absolute Gasteiger partial charge is 0.493 e. The molecule has 0 amide bonds. The van der Waals surface area contributed by atoms with E-state index in [4.69, 9.17) is 19.9 Å². The lowest BCUT2D eigenvalue weighted by molar-refractivity contribution is 0.170. The van der Waals surface area contributed by atoms with Gasteiger partial charge in [-0.05, 0) is 35.6 Å². The zero-order valence-electron chi connectivity index (χ0n) is 13.1. The van der Waals surface area contributed by atoms with Crippen molar-refractivity contribution in [2.75, 3.05) is 27.4 Å². The maximum atomic E-state index is 6.25. The smallest absolute Gasteiger partial charge is 0.161 e. The quantitative estimate of drug-likeness (QED) is 0.719. The number of thiophene rings is 1. The molecule has 2 N–H and O–H groups in total. The van der Waals surface area contributed by atoms with E-state index in [2.05, 4.69) is 6.07 Å². The van der Waals surface area contributed by atoms with Crippen molar-refractivity contribution in [1.82, 2.24) is 0 Å². The average Bonchev–Trinajstić information content (AvgIpc) is 3.06. The molecule has 5 heteroatoms. The van der Waals surface area contributed by atoms with Crippen LogP contribution in [0.2, 0.25) is 0 Å². The van der Waals surface area contributed by atoms with Crippen molar-refractivity contribution in [3.05, 3.63) is 46.2 Å². The van der Waals surface area contributed by atoms with Crippen LogP contribution in [0.15, 0.2) is 35.7 Å². The third-order valence-corrected chi connectivity index (χ3v) is 4.35. The number of rotatable bonds is 9. The highest BCUT2D eigenvalue weighted by atomic mass is 32.1. The summed E-state index contributed by atoms with van der Waals surface area (Å²) in [4.78, 5) is 1.19. The molecule has 0 aliphatic rings. The molecule has 0 bridgehead atoms. The van der Waals surface area contributed by atoms with Crippen LogP contribution in [0.1, 0.15) is 22.9 Å². The second kappa shape index (κ2) is 8.78. The molecule has 0 saturated carbocycles. The van der Waals surface area contributed by atoms with Gasteiger partial charge in [-0.2, -0.15) is 0 Å². The molecule has 0 saturated heterocycles. The van der Waals surface area contributed by atoms with Crippen LogP contribution in [-0.2, 0) is 11.2 Å². The monoisotopic (exact) mass is 321 g/mol. The molecule has 4 nitrogen and oxygen atoms in total. The Kier molecular flexibility index (Phi) is 6.71. The number of nitrogens with two attached hydrogens (primary N) is 1. The van der Waals surface area contributed by atoms with Gasteiger partial charge in [0, 0.05) is 31.1 Å². The lowest BCUT2D eigenvalue weighted by atomic mass is 10.0. The molecule has 0 spiro atoms. The molecule has 2 rings (SSSR count). The maximum absolute atomic E-state index is 6.25. The van der Waals surface area contributed by atoms with Crippen molar-refractivity contribution in [3.63, 3.8) is 0 Å². The van der Waals surface area contributed by atoms with E-state index < -0.39 is 0 Å². The number of hydrogen-bond donors (Lipinski definition) is 1. The summed E-state index contributed by atoms with van der Waals surface area (Å²) in [7, 11) is 3.33. The highest BCUT2D eigenvalue weighted by Gasteiger charge is 2.11. The van der Waals surface area contributed by atoms with Crippen LogP contribution in [0, 0.1) is 0 Å². The molecule has 1 heterocycles. The first-order chi connectivity index (χ1) is 10.7. The number of benzene rings is 1. The van der Waals surface area contributed by atoms with E-state index in [9.17, 15) is 0 Å². The Morgan fingerprint density at radius 1 is 1.14 bits per heavy atom. The summed E-state index contributed by atoms with van der Waals surface area (Å²) in [6, 6.07) is 10.1. The van der Waals surface area contributed by atoms with E-state index in [0.717, 1.165) is 29.9 Å². The summed E-state index contributed by atoms with van der Waals surface area (Å²) in [5.74, 6) is 1.50. The molecule has 120 valence electrons. The Morgan fingerprint density at radius 3 is 2.68 bits per heavy atom. The van der Waals surface area contributed by atoms with E-state index in [0.29, 0.717) is 13.2 Å². The SMILES string of the molecule is COCCCOc1cc(CC(N)c2cccs2)ccc1OC. The molecule has 1 unspecified atom stereocenters. The van der Waals surface area contributed by atoms with Gasteiger partial charge >= 0.3 is 0 Å². The number of methoxy groups -OCH3 is 2. The first-order valence-corrected chi connectivity index (χ1v) is 8.20. The molecule has 2 aromatic rings. The van der Waals surface area contributed by atoms with Gasteiger partial charge in [0.25, 0.3) is 0 Å². The Bertz CT molecular complexity index is 557. The molecule has 1 aromatic carbocycles. The average molecular weight is 321 g/mol. The van der Waals surface area contributed by atoms with Crippen molar-refractivity contribution in [2.45, 2.75) is 18.9 Å². The van der Waals surface area contributed by atoms with Gasteiger partial charge in [-0.3, -0.25) is 0 Å². The van der Waals surface area contributed by atoms with E-state index in [1.807, 2.05) is 29.6 Å². The molecule has 1 atom stereocenters. The highest BCUT2D eigenvalue weighted by molar-refractivity contribution is 7.10. The minimum absolute atomic E-state index is 0.00902. The minimum atomic E-state index is 0.00902. The van der Waals surface area contributed by atoms with Gasteiger partial charge < -0.3 is 19.9 Å². The molecule has 0 fully saturated rings. The van der Waals surface area contributed by atoms with Crippen LogP contribution in [0.3, 0.4) is 0 Å². The highest BCUT2D eigenvalue weighted by Crippen LogP contribution is 2.30. The maximum Gasteiger partial charge on any atom is 0.161 e. The third-order valence-electron chi connectivity index (χ3n) is 3.34. The molecular weight excluding hydrogens is 298 g/mol. The van der Waals surface area contributed by atoms with E-state index in [-0.39, 0.29) is 6.04 Å². The van der Waals surface area contributed by atoms with Gasteiger partial charge in [0.1, 0.15) is 0 Å². The van der Waals surface area contributed by atoms with Crippen molar-refractivity contribution in [2.24, 2.45) is 5.73 Å². The zero-order valence-corrected chi connectivity index (χ0v) is 13.9. The van der Waals surface area contributed by atoms with Crippen LogP contribution in [0.25, 0.3) is 0 Å². The van der Waals surface area contributed by atoms with Crippen LogP contribution in [0.4, 0.5) is 0 Å². The topological polar surface area (TPSA) is 53.7 Å².